The van der Waals surface area contributed by atoms with Crippen molar-refractivity contribution in [2.45, 2.75) is 31.8 Å². The third-order valence-corrected chi connectivity index (χ3v) is 3.19. The summed E-state index contributed by atoms with van der Waals surface area (Å²) < 4.78 is 9.91. The van der Waals surface area contributed by atoms with Crippen LogP contribution < -0.4 is 4.74 Å². The molecule has 1 N–H and O–H groups in total. The fourth-order valence-corrected chi connectivity index (χ4v) is 1.70. The number of halogens is 1. The second-order valence-electron chi connectivity index (χ2n) is 4.67. The summed E-state index contributed by atoms with van der Waals surface area (Å²) in [6.45, 7) is 7.14. The Morgan fingerprint density at radius 3 is 1.92 bits per heavy atom. The van der Waals surface area contributed by atoms with E-state index in [1.165, 1.54) is 6.92 Å². The number of hydrogen-bond donors (Lipinski definition) is 2. The van der Waals surface area contributed by atoms with E-state index in [1.54, 1.807) is 24.3 Å². The smallest absolute Gasteiger partial charge is 0.344 e. The number of aliphatic carboxylic acids is 1. The van der Waals surface area contributed by atoms with E-state index in [0.29, 0.717) is 10.8 Å². The van der Waals surface area contributed by atoms with E-state index >= 15 is 0 Å². The van der Waals surface area contributed by atoms with Crippen molar-refractivity contribution < 1.29 is 19.4 Å². The molecule has 0 aliphatic heterocycles. The largest absolute Gasteiger partial charge is 0.479 e. The van der Waals surface area contributed by atoms with Gasteiger partial charge in [0.2, 0.25) is 0 Å². The molecule has 25 heavy (non-hydrogen) atoms. The summed E-state index contributed by atoms with van der Waals surface area (Å²) in [5, 5.41) is 9.14. The Hall–Kier alpha value is -1.69. The van der Waals surface area contributed by atoms with Crippen molar-refractivity contribution in [3.05, 3.63) is 59.6 Å². The van der Waals surface area contributed by atoms with Gasteiger partial charge < -0.3 is 14.6 Å². The summed E-state index contributed by atoms with van der Waals surface area (Å²) in [7, 11) is 0. The second-order valence-corrected chi connectivity index (χ2v) is 5.62. The first-order valence-electron chi connectivity index (χ1n) is 7.87. The molecule has 0 aliphatic carbocycles. The molecule has 2 aromatic carbocycles. The second kappa shape index (κ2) is 14.6. The van der Waals surface area contributed by atoms with Gasteiger partial charge in [0.05, 0.1) is 0 Å². The van der Waals surface area contributed by atoms with Crippen molar-refractivity contribution in [2.24, 2.45) is 0 Å². The topological polar surface area (TPSA) is 55.8 Å². The van der Waals surface area contributed by atoms with E-state index in [9.17, 15) is 4.79 Å². The minimum absolute atomic E-state index is 0.499. The number of carboxylic acid groups (broad SMARTS) is 1. The first-order chi connectivity index (χ1) is 11.9. The Labute approximate surface area is 160 Å². The average molecular weight is 385 g/mol. The highest BCUT2D eigenvalue weighted by Crippen LogP contribution is 2.16. The van der Waals surface area contributed by atoms with E-state index in [-0.39, 0.29) is 0 Å². The van der Waals surface area contributed by atoms with Gasteiger partial charge in [0, 0.05) is 23.1 Å². The van der Waals surface area contributed by atoms with E-state index in [4.69, 9.17) is 26.2 Å². The number of carboxylic acids is 1. The van der Waals surface area contributed by atoms with Gasteiger partial charge in [-0.15, -0.1) is 12.6 Å². The Balaban J connectivity index is 0.000000401. The number of hydrogen-bond acceptors (Lipinski definition) is 4. The van der Waals surface area contributed by atoms with Crippen LogP contribution in [0.3, 0.4) is 0 Å². The Bertz CT molecular complexity index is 574. The molecule has 0 amide bonds. The highest BCUT2D eigenvalue weighted by Gasteiger charge is 2.11. The highest BCUT2D eigenvalue weighted by atomic mass is 35.5. The van der Waals surface area contributed by atoms with Gasteiger partial charge >= 0.3 is 5.97 Å². The van der Waals surface area contributed by atoms with Crippen molar-refractivity contribution in [1.29, 1.82) is 0 Å². The quantitative estimate of drug-likeness (QED) is 0.695. The Morgan fingerprint density at radius 2 is 1.60 bits per heavy atom. The molecule has 4 nitrogen and oxygen atoms in total. The molecule has 0 heterocycles. The lowest BCUT2D eigenvalue weighted by molar-refractivity contribution is -0.144. The lowest BCUT2D eigenvalue weighted by atomic mass is 10.3. The van der Waals surface area contributed by atoms with Gasteiger partial charge in [-0.05, 0) is 57.2 Å². The van der Waals surface area contributed by atoms with Crippen LogP contribution in [0.1, 0.15) is 20.8 Å². The third kappa shape index (κ3) is 13.3. The Kier molecular flexibility index (Phi) is 13.6. The maximum atomic E-state index is 10.4. The zero-order chi connectivity index (χ0) is 19.1. The van der Waals surface area contributed by atoms with Crippen LogP contribution in [0.15, 0.2) is 59.5 Å². The minimum Gasteiger partial charge on any atom is -0.479 e. The van der Waals surface area contributed by atoms with Gasteiger partial charge in [-0.3, -0.25) is 0 Å². The molecule has 0 aromatic heterocycles. The number of carbonyl (C=O) groups is 1. The van der Waals surface area contributed by atoms with E-state index in [0.717, 1.165) is 18.1 Å². The number of thiol groups is 1. The van der Waals surface area contributed by atoms with Crippen molar-refractivity contribution in [1.82, 2.24) is 0 Å². The molecule has 6 heteroatoms. The average Bonchev–Trinajstić information content (AvgIpc) is 2.59. The number of benzene rings is 2. The highest BCUT2D eigenvalue weighted by molar-refractivity contribution is 7.80. The molecular weight excluding hydrogens is 360 g/mol. The lowest BCUT2D eigenvalue weighted by Crippen LogP contribution is -2.22. The van der Waals surface area contributed by atoms with Gasteiger partial charge in [0.25, 0.3) is 0 Å². The number of rotatable bonds is 5. The minimum atomic E-state index is -0.991. The van der Waals surface area contributed by atoms with Crippen LogP contribution in [-0.2, 0) is 9.53 Å². The van der Waals surface area contributed by atoms with Crippen molar-refractivity contribution in [2.75, 3.05) is 13.2 Å². The van der Waals surface area contributed by atoms with Crippen LogP contribution in [0.5, 0.6) is 5.75 Å². The molecule has 1 atom stereocenters. The summed E-state index contributed by atoms with van der Waals surface area (Å²) in [4.78, 5) is 11.4. The zero-order valence-corrected chi connectivity index (χ0v) is 16.3. The zero-order valence-electron chi connectivity index (χ0n) is 14.7. The molecule has 0 saturated heterocycles. The molecular formula is C19H25ClO4S. The van der Waals surface area contributed by atoms with Crippen molar-refractivity contribution in [3.63, 3.8) is 0 Å². The van der Waals surface area contributed by atoms with Crippen LogP contribution in [-0.4, -0.2) is 30.4 Å². The summed E-state index contributed by atoms with van der Waals surface area (Å²) in [6.07, 6.45) is -0.846. The Morgan fingerprint density at radius 1 is 1.08 bits per heavy atom. The molecule has 0 radical (unpaired) electrons. The fourth-order valence-electron chi connectivity index (χ4n) is 1.40. The molecule has 0 aliphatic rings. The maximum absolute atomic E-state index is 10.4. The molecule has 138 valence electrons. The van der Waals surface area contributed by atoms with Crippen LogP contribution in [0.25, 0.3) is 0 Å². The van der Waals surface area contributed by atoms with E-state index < -0.39 is 12.1 Å². The first kappa shape index (κ1) is 23.3. The summed E-state index contributed by atoms with van der Waals surface area (Å²) in [5.74, 6) is -0.491. The maximum Gasteiger partial charge on any atom is 0.344 e. The predicted octanol–water partition coefficient (Wildman–Crippen LogP) is 5.21. The summed E-state index contributed by atoms with van der Waals surface area (Å²) in [5.41, 5.74) is 0. The predicted molar refractivity (Wildman–Crippen MR) is 105 cm³/mol. The molecule has 2 rings (SSSR count). The van der Waals surface area contributed by atoms with Crippen molar-refractivity contribution in [3.8, 4) is 5.75 Å². The SMILES string of the molecule is CC(Oc1ccc(Cl)cc1)C(=O)O.CCOCC.Sc1ccccc1. The van der Waals surface area contributed by atoms with Crippen LogP contribution in [0, 0.1) is 0 Å². The van der Waals surface area contributed by atoms with Crippen LogP contribution in [0.4, 0.5) is 0 Å². The van der Waals surface area contributed by atoms with Gasteiger partial charge in [-0.2, -0.15) is 0 Å². The molecule has 1 unspecified atom stereocenters. The van der Waals surface area contributed by atoms with Crippen molar-refractivity contribution >= 4 is 30.2 Å². The van der Waals surface area contributed by atoms with Gasteiger partial charge in [-0.1, -0.05) is 29.8 Å². The molecule has 0 bridgehead atoms. The standard InChI is InChI=1S/C9H9ClO3.C6H6S.C4H10O/c1-6(9(11)12)13-8-4-2-7(10)3-5-8;7-6-4-2-1-3-5-6;1-3-5-4-2/h2-6H,1H3,(H,11,12);1-5,7H;3-4H2,1-2H3. The van der Waals surface area contributed by atoms with E-state index in [2.05, 4.69) is 12.6 Å². The fraction of sp³-hybridized carbons (Fsp3) is 0.316. The van der Waals surface area contributed by atoms with Gasteiger partial charge in [0.1, 0.15) is 5.75 Å². The first-order valence-corrected chi connectivity index (χ1v) is 8.69. The van der Waals surface area contributed by atoms with Crippen LogP contribution >= 0.6 is 24.2 Å². The van der Waals surface area contributed by atoms with Gasteiger partial charge in [-0.25, -0.2) is 4.79 Å². The molecule has 0 saturated carbocycles. The van der Waals surface area contributed by atoms with E-state index in [1.807, 2.05) is 44.2 Å². The normalized spacial score (nSPS) is 10.4. The molecule has 0 spiro atoms. The van der Waals surface area contributed by atoms with Gasteiger partial charge in [0.15, 0.2) is 6.10 Å². The molecule has 2 aromatic rings. The van der Waals surface area contributed by atoms with Crippen LogP contribution in [0.2, 0.25) is 5.02 Å². The monoisotopic (exact) mass is 384 g/mol. The summed E-state index contributed by atoms with van der Waals surface area (Å²) >= 11 is 9.72. The molecule has 0 fully saturated rings. The lowest BCUT2D eigenvalue weighted by Gasteiger charge is -2.09. The summed E-state index contributed by atoms with van der Waals surface area (Å²) in [6, 6.07) is 16.3. The number of ether oxygens (including phenoxy) is 2. The third-order valence-electron chi connectivity index (χ3n) is 2.64.